The van der Waals surface area contributed by atoms with Gasteiger partial charge in [-0.2, -0.15) is 0 Å². The van der Waals surface area contributed by atoms with Gasteiger partial charge in [-0.3, -0.25) is 15.0 Å². The van der Waals surface area contributed by atoms with Crippen LogP contribution in [-0.2, 0) is 19.1 Å². The third-order valence-electron chi connectivity index (χ3n) is 2.31. The van der Waals surface area contributed by atoms with Gasteiger partial charge in [0, 0.05) is 12.5 Å². The van der Waals surface area contributed by atoms with Crippen molar-refractivity contribution in [2.24, 2.45) is 0 Å². The number of esters is 1. The molecule has 0 saturated heterocycles. The van der Waals surface area contributed by atoms with Gasteiger partial charge < -0.3 is 9.47 Å². The molecular weight excluding hydrogens is 288 g/mol. The lowest BCUT2D eigenvalue weighted by atomic mass is 10.1. The molecule has 7 heteroatoms. The second kappa shape index (κ2) is 7.44. The Bertz CT molecular complexity index is 537. The molecule has 0 heterocycles. The Morgan fingerprint density at radius 2 is 1.64 bits per heavy atom. The van der Waals surface area contributed by atoms with Gasteiger partial charge in [0.2, 0.25) is 6.10 Å². The largest absolute Gasteiger partial charge is 0.447 e. The summed E-state index contributed by atoms with van der Waals surface area (Å²) in [5.41, 5.74) is 4.07. The number of carbonyl (C=O) groups is 3. The molecule has 0 saturated carbocycles. The fraction of sp³-hybridized carbons (Fsp3) is 0.400. The first-order valence-electron chi connectivity index (χ1n) is 6.70. The van der Waals surface area contributed by atoms with Crippen LogP contribution in [0.4, 0.5) is 4.79 Å². The van der Waals surface area contributed by atoms with Crippen LogP contribution in [0.3, 0.4) is 0 Å². The third kappa shape index (κ3) is 6.25. The van der Waals surface area contributed by atoms with E-state index in [9.17, 15) is 14.4 Å². The van der Waals surface area contributed by atoms with Gasteiger partial charge in [-0.15, -0.1) is 0 Å². The van der Waals surface area contributed by atoms with Crippen molar-refractivity contribution in [2.75, 3.05) is 0 Å². The van der Waals surface area contributed by atoms with Crippen LogP contribution in [0.25, 0.3) is 0 Å². The maximum atomic E-state index is 12.1. The average Bonchev–Trinajstić information content (AvgIpc) is 2.41. The SMILES string of the molecule is CC(=O)O[C@H](C(=O)NNC(=O)OC(C)(C)C)c1ccccc1. The fourth-order valence-corrected chi connectivity index (χ4v) is 1.55. The number of ether oxygens (including phenoxy) is 2. The molecule has 7 nitrogen and oxygen atoms in total. The highest BCUT2D eigenvalue weighted by atomic mass is 16.6. The molecule has 1 atom stereocenters. The quantitative estimate of drug-likeness (QED) is 0.656. The van der Waals surface area contributed by atoms with Crippen LogP contribution < -0.4 is 10.9 Å². The summed E-state index contributed by atoms with van der Waals surface area (Å²) in [5.74, 6) is -1.30. The Morgan fingerprint density at radius 1 is 1.05 bits per heavy atom. The topological polar surface area (TPSA) is 93.7 Å². The predicted molar refractivity (Wildman–Crippen MR) is 78.5 cm³/mol. The van der Waals surface area contributed by atoms with Crippen molar-refractivity contribution < 1.29 is 23.9 Å². The van der Waals surface area contributed by atoms with Crippen molar-refractivity contribution in [3.8, 4) is 0 Å². The molecule has 0 bridgehead atoms. The summed E-state index contributed by atoms with van der Waals surface area (Å²) in [5, 5.41) is 0. The van der Waals surface area contributed by atoms with Gasteiger partial charge in [0.1, 0.15) is 5.60 Å². The average molecular weight is 308 g/mol. The van der Waals surface area contributed by atoms with Crippen LogP contribution >= 0.6 is 0 Å². The van der Waals surface area contributed by atoms with E-state index in [1.807, 2.05) is 0 Å². The molecule has 1 rings (SSSR count). The van der Waals surface area contributed by atoms with E-state index in [0.717, 1.165) is 0 Å². The summed E-state index contributed by atoms with van der Waals surface area (Å²) in [4.78, 5) is 34.7. The number of benzene rings is 1. The lowest BCUT2D eigenvalue weighted by Gasteiger charge is -2.21. The number of nitrogens with one attached hydrogen (secondary N) is 2. The fourth-order valence-electron chi connectivity index (χ4n) is 1.55. The second-order valence-corrected chi connectivity index (χ2v) is 5.52. The number of hydrazine groups is 1. The number of amides is 2. The molecule has 22 heavy (non-hydrogen) atoms. The number of rotatable bonds is 3. The van der Waals surface area contributed by atoms with Gasteiger partial charge in [-0.05, 0) is 20.8 Å². The molecular formula is C15H20N2O5. The zero-order chi connectivity index (χ0) is 16.8. The van der Waals surface area contributed by atoms with Crippen molar-refractivity contribution in [3.63, 3.8) is 0 Å². The van der Waals surface area contributed by atoms with E-state index in [1.54, 1.807) is 51.1 Å². The van der Waals surface area contributed by atoms with Crippen LogP contribution in [0.5, 0.6) is 0 Å². The van der Waals surface area contributed by atoms with Crippen LogP contribution in [0.1, 0.15) is 39.4 Å². The number of carbonyl (C=O) groups excluding carboxylic acids is 3. The van der Waals surface area contributed by atoms with E-state index in [0.29, 0.717) is 5.56 Å². The molecule has 0 aliphatic carbocycles. The Labute approximate surface area is 128 Å². The van der Waals surface area contributed by atoms with E-state index in [-0.39, 0.29) is 0 Å². The van der Waals surface area contributed by atoms with Crippen LogP contribution in [0.2, 0.25) is 0 Å². The van der Waals surface area contributed by atoms with Crippen LogP contribution in [0, 0.1) is 0 Å². The number of hydrogen-bond acceptors (Lipinski definition) is 5. The van der Waals surface area contributed by atoms with E-state index in [1.165, 1.54) is 6.92 Å². The van der Waals surface area contributed by atoms with Gasteiger partial charge in [0.15, 0.2) is 0 Å². The van der Waals surface area contributed by atoms with E-state index in [4.69, 9.17) is 9.47 Å². The summed E-state index contributed by atoms with van der Waals surface area (Å²) >= 11 is 0. The Balaban J connectivity index is 2.69. The van der Waals surface area contributed by atoms with Crippen LogP contribution in [-0.4, -0.2) is 23.6 Å². The minimum atomic E-state index is -1.16. The molecule has 0 aliphatic heterocycles. The Hall–Kier alpha value is -2.57. The van der Waals surface area contributed by atoms with Gasteiger partial charge in [-0.25, -0.2) is 10.2 Å². The normalized spacial score (nSPS) is 12.0. The summed E-state index contributed by atoms with van der Waals surface area (Å²) in [6, 6.07) is 8.47. The maximum Gasteiger partial charge on any atom is 0.426 e. The summed E-state index contributed by atoms with van der Waals surface area (Å²) in [7, 11) is 0. The summed E-state index contributed by atoms with van der Waals surface area (Å²) in [6.45, 7) is 6.28. The molecule has 2 N–H and O–H groups in total. The highest BCUT2D eigenvalue weighted by molar-refractivity contribution is 5.86. The molecule has 0 aliphatic rings. The Kier molecular flexibility index (Phi) is 5.91. The molecule has 2 amide bonds. The van der Waals surface area contributed by atoms with Gasteiger partial charge in [0.25, 0.3) is 5.91 Å². The Morgan fingerprint density at radius 3 is 2.14 bits per heavy atom. The minimum absolute atomic E-state index is 0.487. The minimum Gasteiger partial charge on any atom is -0.447 e. The van der Waals surface area contributed by atoms with Gasteiger partial charge in [-0.1, -0.05) is 30.3 Å². The number of hydrogen-bond donors (Lipinski definition) is 2. The van der Waals surface area contributed by atoms with Crippen molar-refractivity contribution in [2.45, 2.75) is 39.4 Å². The smallest absolute Gasteiger partial charge is 0.426 e. The molecule has 120 valence electrons. The molecule has 0 radical (unpaired) electrons. The molecule has 0 spiro atoms. The zero-order valence-corrected chi connectivity index (χ0v) is 13.0. The van der Waals surface area contributed by atoms with Gasteiger partial charge >= 0.3 is 12.1 Å². The first-order chi connectivity index (χ1) is 10.2. The predicted octanol–water partition coefficient (Wildman–Crippen LogP) is 1.85. The second-order valence-electron chi connectivity index (χ2n) is 5.52. The third-order valence-corrected chi connectivity index (χ3v) is 2.31. The lowest BCUT2D eigenvalue weighted by molar-refractivity contribution is -0.154. The zero-order valence-electron chi connectivity index (χ0n) is 13.0. The van der Waals surface area contributed by atoms with E-state index >= 15 is 0 Å². The molecule has 0 aromatic heterocycles. The van der Waals surface area contributed by atoms with Gasteiger partial charge in [0.05, 0.1) is 0 Å². The highest BCUT2D eigenvalue weighted by Gasteiger charge is 2.25. The first kappa shape index (κ1) is 17.5. The van der Waals surface area contributed by atoms with Crippen molar-refractivity contribution >= 4 is 18.0 Å². The standard InChI is InChI=1S/C15H20N2O5/c1-10(18)21-12(11-8-6-5-7-9-11)13(19)16-17-14(20)22-15(2,3)4/h5-9,12H,1-4H3,(H,16,19)(H,17,20)/t12-/m0/s1. The van der Waals surface area contributed by atoms with Crippen molar-refractivity contribution in [1.82, 2.24) is 10.9 Å². The highest BCUT2D eigenvalue weighted by Crippen LogP contribution is 2.17. The van der Waals surface area contributed by atoms with Crippen molar-refractivity contribution in [1.29, 1.82) is 0 Å². The van der Waals surface area contributed by atoms with E-state index in [2.05, 4.69) is 10.9 Å². The summed E-state index contributed by atoms with van der Waals surface area (Å²) in [6.07, 6.45) is -1.97. The van der Waals surface area contributed by atoms with Crippen LogP contribution in [0.15, 0.2) is 30.3 Å². The first-order valence-corrected chi connectivity index (χ1v) is 6.70. The monoisotopic (exact) mass is 308 g/mol. The molecule has 1 aromatic carbocycles. The molecule has 0 unspecified atom stereocenters. The lowest BCUT2D eigenvalue weighted by Crippen LogP contribution is -2.46. The maximum absolute atomic E-state index is 12.1. The summed E-state index contributed by atoms with van der Waals surface area (Å²) < 4.78 is 9.97. The molecule has 1 aromatic rings. The molecule has 0 fully saturated rings. The van der Waals surface area contributed by atoms with E-state index < -0.39 is 29.7 Å². The van der Waals surface area contributed by atoms with Crippen molar-refractivity contribution in [3.05, 3.63) is 35.9 Å².